The molecule has 1 N–H and O–H groups in total. The molecule has 0 aliphatic heterocycles. The molecule has 2 aromatic carbocycles. The molecule has 0 bridgehead atoms. The Labute approximate surface area is 145 Å². The number of carbonyl (C=O) groups is 2. The van der Waals surface area contributed by atoms with Gasteiger partial charge in [0.1, 0.15) is 5.75 Å². The van der Waals surface area contributed by atoms with Gasteiger partial charge in [0.25, 0.3) is 5.91 Å². The normalized spacial score (nSPS) is 11.5. The van der Waals surface area contributed by atoms with Crippen molar-refractivity contribution in [1.82, 2.24) is 0 Å². The van der Waals surface area contributed by atoms with Crippen molar-refractivity contribution in [3.63, 3.8) is 0 Å². The van der Waals surface area contributed by atoms with Crippen LogP contribution in [0.15, 0.2) is 48.5 Å². The number of hydrogen-bond acceptors (Lipinski definition) is 4. The fourth-order valence-corrected chi connectivity index (χ4v) is 2.15. The van der Waals surface area contributed by atoms with Crippen molar-refractivity contribution in [1.29, 1.82) is 0 Å². The molecule has 126 valence electrons. The Morgan fingerprint density at radius 2 is 1.92 bits per heavy atom. The Morgan fingerprint density at radius 1 is 1.17 bits per heavy atom. The summed E-state index contributed by atoms with van der Waals surface area (Å²) in [6.45, 7) is 3.10. The Hall–Kier alpha value is -2.53. The number of amides is 1. The average molecular weight is 348 g/mol. The standard InChI is InChI=1S/C18H18ClNO4/c1-12-5-3-8-16(9-12)24-13(2)18(22)23-11-17(21)20-15-7-4-6-14(19)10-15/h3-10,13H,11H2,1-2H3,(H,20,21)/t13-/m1/s1. The molecule has 0 radical (unpaired) electrons. The van der Waals surface area contributed by atoms with Crippen LogP contribution >= 0.6 is 11.6 Å². The molecule has 5 nitrogen and oxygen atoms in total. The summed E-state index contributed by atoms with van der Waals surface area (Å²) in [5.41, 5.74) is 1.56. The number of carbonyl (C=O) groups excluding carboxylic acids is 2. The maximum absolute atomic E-state index is 11.9. The monoisotopic (exact) mass is 347 g/mol. The molecular weight excluding hydrogens is 330 g/mol. The fourth-order valence-electron chi connectivity index (χ4n) is 1.96. The second-order valence-electron chi connectivity index (χ2n) is 5.24. The van der Waals surface area contributed by atoms with E-state index in [1.807, 2.05) is 25.1 Å². The van der Waals surface area contributed by atoms with Crippen molar-refractivity contribution >= 4 is 29.2 Å². The predicted octanol–water partition coefficient (Wildman–Crippen LogP) is 3.60. The first-order valence-electron chi connectivity index (χ1n) is 7.39. The maximum atomic E-state index is 11.9. The molecule has 1 amide bonds. The molecule has 0 saturated carbocycles. The highest BCUT2D eigenvalue weighted by atomic mass is 35.5. The number of nitrogens with one attached hydrogen (secondary N) is 1. The number of hydrogen-bond donors (Lipinski definition) is 1. The minimum atomic E-state index is -0.814. The Balaban J connectivity index is 1.80. The topological polar surface area (TPSA) is 64.6 Å². The van der Waals surface area contributed by atoms with Crippen molar-refractivity contribution in [2.75, 3.05) is 11.9 Å². The van der Waals surface area contributed by atoms with Crippen LogP contribution in [-0.2, 0) is 14.3 Å². The number of aryl methyl sites for hydroxylation is 1. The molecule has 6 heteroatoms. The number of anilines is 1. The lowest BCUT2D eigenvalue weighted by molar-refractivity contribution is -0.153. The first-order chi connectivity index (χ1) is 11.4. The molecule has 0 fully saturated rings. The summed E-state index contributed by atoms with van der Waals surface area (Å²) in [6.07, 6.45) is -0.814. The van der Waals surface area contributed by atoms with Crippen LogP contribution < -0.4 is 10.1 Å². The van der Waals surface area contributed by atoms with Gasteiger partial charge in [0.15, 0.2) is 12.7 Å². The minimum Gasteiger partial charge on any atom is -0.479 e. The second kappa shape index (κ2) is 8.36. The first-order valence-corrected chi connectivity index (χ1v) is 7.77. The maximum Gasteiger partial charge on any atom is 0.347 e. The van der Waals surface area contributed by atoms with Gasteiger partial charge in [-0.3, -0.25) is 4.79 Å². The van der Waals surface area contributed by atoms with Crippen LogP contribution in [0.1, 0.15) is 12.5 Å². The highest BCUT2D eigenvalue weighted by molar-refractivity contribution is 6.30. The van der Waals surface area contributed by atoms with Crippen molar-refractivity contribution in [3.05, 3.63) is 59.1 Å². The van der Waals surface area contributed by atoms with Gasteiger partial charge in [-0.2, -0.15) is 0 Å². The third-order valence-corrected chi connectivity index (χ3v) is 3.32. The number of halogens is 1. The zero-order chi connectivity index (χ0) is 17.5. The average Bonchev–Trinajstić information content (AvgIpc) is 2.52. The number of benzene rings is 2. The van der Waals surface area contributed by atoms with Crippen LogP contribution in [-0.4, -0.2) is 24.6 Å². The molecule has 0 saturated heterocycles. The van der Waals surface area contributed by atoms with Crippen LogP contribution in [0, 0.1) is 6.92 Å². The lowest BCUT2D eigenvalue weighted by Crippen LogP contribution is -2.29. The van der Waals surface area contributed by atoms with Crippen molar-refractivity contribution in [3.8, 4) is 5.75 Å². The van der Waals surface area contributed by atoms with Gasteiger partial charge < -0.3 is 14.8 Å². The third kappa shape index (κ3) is 5.59. The lowest BCUT2D eigenvalue weighted by atomic mass is 10.2. The van der Waals surface area contributed by atoms with Gasteiger partial charge in [0.2, 0.25) is 0 Å². The zero-order valence-electron chi connectivity index (χ0n) is 13.4. The van der Waals surface area contributed by atoms with E-state index in [-0.39, 0.29) is 0 Å². The highest BCUT2D eigenvalue weighted by Crippen LogP contribution is 2.16. The molecule has 0 aliphatic carbocycles. The van der Waals surface area contributed by atoms with Gasteiger partial charge in [0, 0.05) is 10.7 Å². The molecule has 2 rings (SSSR count). The molecule has 0 heterocycles. The number of rotatable bonds is 6. The molecule has 0 aromatic heterocycles. The molecule has 24 heavy (non-hydrogen) atoms. The van der Waals surface area contributed by atoms with E-state index in [0.29, 0.717) is 16.5 Å². The Kier molecular flexibility index (Phi) is 6.21. The molecule has 0 aliphatic rings. The van der Waals surface area contributed by atoms with Gasteiger partial charge in [-0.1, -0.05) is 29.8 Å². The van der Waals surface area contributed by atoms with Gasteiger partial charge in [0.05, 0.1) is 0 Å². The SMILES string of the molecule is Cc1cccc(O[C@H](C)C(=O)OCC(=O)Nc2cccc(Cl)c2)c1. The Morgan fingerprint density at radius 3 is 2.62 bits per heavy atom. The van der Waals surface area contributed by atoms with Gasteiger partial charge in [-0.25, -0.2) is 4.79 Å². The van der Waals surface area contributed by atoms with E-state index in [4.69, 9.17) is 21.1 Å². The largest absolute Gasteiger partial charge is 0.479 e. The summed E-state index contributed by atoms with van der Waals surface area (Å²) < 4.78 is 10.5. The third-order valence-electron chi connectivity index (χ3n) is 3.09. The quantitative estimate of drug-likeness (QED) is 0.811. The Bertz CT molecular complexity index is 732. The first kappa shape index (κ1) is 17.8. The van der Waals surface area contributed by atoms with Crippen LogP contribution in [0.2, 0.25) is 5.02 Å². The van der Waals surface area contributed by atoms with E-state index in [1.165, 1.54) is 0 Å². The summed E-state index contributed by atoms with van der Waals surface area (Å²) in [6, 6.07) is 14.0. The van der Waals surface area contributed by atoms with Gasteiger partial charge in [-0.05, 0) is 49.7 Å². The zero-order valence-corrected chi connectivity index (χ0v) is 14.2. The molecule has 1 atom stereocenters. The summed E-state index contributed by atoms with van der Waals surface area (Å²) in [5.74, 6) is -0.492. The van der Waals surface area contributed by atoms with Crippen LogP contribution in [0.5, 0.6) is 5.75 Å². The number of ether oxygens (including phenoxy) is 2. The molecule has 0 spiro atoms. The van der Waals surface area contributed by atoms with Crippen molar-refractivity contribution in [2.45, 2.75) is 20.0 Å². The molecule has 0 unspecified atom stereocenters. The van der Waals surface area contributed by atoms with E-state index >= 15 is 0 Å². The van der Waals surface area contributed by atoms with Crippen LogP contribution in [0.4, 0.5) is 5.69 Å². The summed E-state index contributed by atoms with van der Waals surface area (Å²) in [4.78, 5) is 23.7. The smallest absolute Gasteiger partial charge is 0.347 e. The highest BCUT2D eigenvalue weighted by Gasteiger charge is 2.18. The minimum absolute atomic E-state index is 0.396. The van der Waals surface area contributed by atoms with Crippen LogP contribution in [0.3, 0.4) is 0 Å². The predicted molar refractivity (Wildman–Crippen MR) is 92.3 cm³/mol. The summed E-state index contributed by atoms with van der Waals surface area (Å²) in [7, 11) is 0. The van der Waals surface area contributed by atoms with Crippen molar-refractivity contribution < 1.29 is 19.1 Å². The van der Waals surface area contributed by atoms with Gasteiger partial charge in [-0.15, -0.1) is 0 Å². The van der Waals surface area contributed by atoms with E-state index < -0.39 is 24.6 Å². The summed E-state index contributed by atoms with van der Waals surface area (Å²) in [5, 5.41) is 3.10. The van der Waals surface area contributed by atoms with Crippen LogP contribution in [0.25, 0.3) is 0 Å². The van der Waals surface area contributed by atoms with E-state index in [2.05, 4.69) is 5.32 Å². The number of esters is 1. The lowest BCUT2D eigenvalue weighted by Gasteiger charge is -2.14. The van der Waals surface area contributed by atoms with Crippen molar-refractivity contribution in [2.24, 2.45) is 0 Å². The molecular formula is C18H18ClNO4. The fraction of sp³-hybridized carbons (Fsp3) is 0.222. The second-order valence-corrected chi connectivity index (χ2v) is 5.68. The van der Waals surface area contributed by atoms with E-state index in [1.54, 1.807) is 37.3 Å². The van der Waals surface area contributed by atoms with E-state index in [9.17, 15) is 9.59 Å². The van der Waals surface area contributed by atoms with E-state index in [0.717, 1.165) is 5.56 Å². The summed E-state index contributed by atoms with van der Waals surface area (Å²) >= 11 is 5.83. The molecule has 2 aromatic rings. The van der Waals surface area contributed by atoms with Gasteiger partial charge >= 0.3 is 5.97 Å².